The van der Waals surface area contributed by atoms with Gasteiger partial charge in [0.15, 0.2) is 7.26 Å². The summed E-state index contributed by atoms with van der Waals surface area (Å²) in [5, 5.41) is 3.24. The Morgan fingerprint density at radius 1 is 0.677 bits per heavy atom. The quantitative estimate of drug-likeness (QED) is 0.321. The highest BCUT2D eigenvalue weighted by molar-refractivity contribution is 7.95. The molecule has 1 heterocycles. The predicted molar refractivity (Wildman–Crippen MR) is 120 cm³/mol. The zero-order chi connectivity index (χ0) is 20.6. The third kappa shape index (κ3) is 3.50. The minimum atomic E-state index is -2.50. The normalized spacial score (nSPS) is 15.0. The van der Waals surface area contributed by atoms with Gasteiger partial charge < -0.3 is 21.7 Å². The van der Waals surface area contributed by atoms with E-state index in [1.54, 1.807) is 0 Å². The lowest BCUT2D eigenvalue weighted by molar-refractivity contribution is -0.0000238. The standard InChI is InChI=1S/C26H19FO2P.BrH/c27-19-16-17-23-24(18-19)26(29-25(23)28)30(20-10-4-1-5-11-20,21-12-6-2-7-13-21)22-14-8-3-9-15-22;/h1-18,26H;1H/q+1;/p-1. The van der Waals surface area contributed by atoms with Gasteiger partial charge in [-0.15, -0.1) is 0 Å². The first kappa shape index (κ1) is 21.4. The number of carbonyl (C=O) groups excluding carboxylic acids is 1. The molecule has 5 heteroatoms. The van der Waals surface area contributed by atoms with Crippen molar-refractivity contribution < 1.29 is 30.9 Å². The van der Waals surface area contributed by atoms with Crippen molar-refractivity contribution >= 4 is 29.1 Å². The first-order chi connectivity index (χ1) is 14.7. The number of esters is 1. The van der Waals surface area contributed by atoms with Crippen LogP contribution in [0, 0.1) is 5.82 Å². The first-order valence-electron chi connectivity index (χ1n) is 9.77. The van der Waals surface area contributed by atoms with Crippen LogP contribution in [0.5, 0.6) is 0 Å². The number of hydrogen-bond donors (Lipinski definition) is 0. The van der Waals surface area contributed by atoms with Crippen LogP contribution in [0.2, 0.25) is 0 Å². The van der Waals surface area contributed by atoms with Crippen LogP contribution >= 0.6 is 7.26 Å². The number of ether oxygens (including phenoxy) is 1. The second kappa shape index (κ2) is 8.74. The molecule has 4 aromatic rings. The van der Waals surface area contributed by atoms with Crippen LogP contribution in [0.1, 0.15) is 21.8 Å². The fourth-order valence-electron chi connectivity index (χ4n) is 4.28. The topological polar surface area (TPSA) is 26.3 Å². The van der Waals surface area contributed by atoms with Crippen LogP contribution in [-0.4, -0.2) is 5.97 Å². The number of rotatable bonds is 4. The molecule has 154 valence electrons. The van der Waals surface area contributed by atoms with Crippen molar-refractivity contribution in [2.75, 3.05) is 0 Å². The molecule has 0 spiro atoms. The second-order valence-corrected chi connectivity index (χ2v) is 10.7. The molecule has 2 nitrogen and oxygen atoms in total. The largest absolute Gasteiger partial charge is 1.00 e. The Balaban J connectivity index is 0.00000231. The Morgan fingerprint density at radius 3 is 1.58 bits per heavy atom. The van der Waals surface area contributed by atoms with Gasteiger partial charge in [-0.2, -0.15) is 0 Å². The van der Waals surface area contributed by atoms with E-state index in [0.717, 1.165) is 15.9 Å². The Morgan fingerprint density at radius 2 is 1.13 bits per heavy atom. The molecule has 4 aromatic carbocycles. The smallest absolute Gasteiger partial charge is 0.342 e. The maximum Gasteiger partial charge on any atom is 0.342 e. The maximum atomic E-state index is 14.3. The van der Waals surface area contributed by atoms with Crippen LogP contribution in [0.15, 0.2) is 109 Å². The molecule has 0 aliphatic carbocycles. The molecular formula is C26H19BrFO2P. The Hall–Kier alpha value is -2.81. The lowest BCUT2D eigenvalue weighted by atomic mass is 10.1. The van der Waals surface area contributed by atoms with Gasteiger partial charge in [-0.05, 0) is 54.6 Å². The molecule has 0 saturated carbocycles. The van der Waals surface area contributed by atoms with E-state index in [9.17, 15) is 9.18 Å². The fraction of sp³-hybridized carbons (Fsp3) is 0.0385. The van der Waals surface area contributed by atoms with Crippen molar-refractivity contribution in [2.24, 2.45) is 0 Å². The van der Waals surface area contributed by atoms with E-state index in [1.165, 1.54) is 18.2 Å². The van der Waals surface area contributed by atoms with Crippen LogP contribution in [-0.2, 0) is 4.74 Å². The summed E-state index contributed by atoms with van der Waals surface area (Å²) in [4.78, 5) is 12.8. The van der Waals surface area contributed by atoms with Gasteiger partial charge in [-0.25, -0.2) is 9.18 Å². The monoisotopic (exact) mass is 492 g/mol. The summed E-state index contributed by atoms with van der Waals surface area (Å²) >= 11 is 0. The van der Waals surface area contributed by atoms with E-state index in [4.69, 9.17) is 4.74 Å². The third-order valence-corrected chi connectivity index (χ3v) is 9.99. The van der Waals surface area contributed by atoms with Gasteiger partial charge in [0, 0.05) is 0 Å². The number of carbonyl (C=O) groups is 1. The van der Waals surface area contributed by atoms with Crippen molar-refractivity contribution in [3.63, 3.8) is 0 Å². The van der Waals surface area contributed by atoms with Gasteiger partial charge in [-0.1, -0.05) is 54.6 Å². The van der Waals surface area contributed by atoms with Gasteiger partial charge >= 0.3 is 5.97 Å². The molecule has 1 atom stereocenters. The maximum absolute atomic E-state index is 14.3. The summed E-state index contributed by atoms with van der Waals surface area (Å²) in [6.45, 7) is 0. The highest BCUT2D eigenvalue weighted by Gasteiger charge is 2.58. The van der Waals surface area contributed by atoms with Crippen LogP contribution < -0.4 is 32.9 Å². The van der Waals surface area contributed by atoms with E-state index in [-0.39, 0.29) is 22.8 Å². The van der Waals surface area contributed by atoms with Gasteiger partial charge in [0.1, 0.15) is 21.7 Å². The minimum absolute atomic E-state index is 0. The van der Waals surface area contributed by atoms with Crippen LogP contribution in [0.25, 0.3) is 0 Å². The van der Waals surface area contributed by atoms with E-state index < -0.39 is 19.1 Å². The van der Waals surface area contributed by atoms with Crippen molar-refractivity contribution in [3.8, 4) is 0 Å². The van der Waals surface area contributed by atoms with Crippen molar-refractivity contribution in [3.05, 3.63) is 126 Å². The molecule has 1 aliphatic heterocycles. The Bertz CT molecular complexity index is 1100. The van der Waals surface area contributed by atoms with Gasteiger partial charge in [0.25, 0.3) is 0 Å². The lowest BCUT2D eigenvalue weighted by Gasteiger charge is -2.31. The highest BCUT2D eigenvalue weighted by Crippen LogP contribution is 2.69. The van der Waals surface area contributed by atoms with E-state index >= 15 is 0 Å². The average Bonchev–Trinajstić information content (AvgIpc) is 3.12. The second-order valence-electron chi connectivity index (χ2n) is 7.22. The molecule has 1 aliphatic rings. The molecular weight excluding hydrogens is 474 g/mol. The predicted octanol–water partition coefficient (Wildman–Crippen LogP) is 1.99. The highest BCUT2D eigenvalue weighted by atomic mass is 79.9. The van der Waals surface area contributed by atoms with E-state index in [0.29, 0.717) is 11.1 Å². The van der Waals surface area contributed by atoms with Crippen molar-refractivity contribution in [2.45, 2.75) is 5.85 Å². The molecule has 0 N–H and O–H groups in total. The third-order valence-electron chi connectivity index (χ3n) is 5.56. The summed E-state index contributed by atoms with van der Waals surface area (Å²) in [5.74, 6) is -1.37. The lowest BCUT2D eigenvalue weighted by Crippen LogP contribution is -3.00. The van der Waals surface area contributed by atoms with Gasteiger partial charge in [-0.3, -0.25) is 0 Å². The van der Waals surface area contributed by atoms with Gasteiger partial charge in [0.05, 0.1) is 11.1 Å². The summed E-state index contributed by atoms with van der Waals surface area (Å²) in [5.41, 5.74) is 1.05. The van der Waals surface area contributed by atoms with Crippen molar-refractivity contribution in [1.82, 2.24) is 0 Å². The molecule has 0 radical (unpaired) electrons. The fourth-order valence-corrected chi connectivity index (χ4v) is 8.80. The molecule has 1 unspecified atom stereocenters. The Kier molecular flexibility index (Phi) is 6.04. The van der Waals surface area contributed by atoms with Crippen molar-refractivity contribution in [1.29, 1.82) is 0 Å². The summed E-state index contributed by atoms with van der Waals surface area (Å²) in [6, 6.07) is 34.7. The zero-order valence-corrected chi connectivity index (χ0v) is 19.0. The Labute approximate surface area is 191 Å². The number of fused-ring (bicyclic) bond motifs is 1. The van der Waals surface area contributed by atoms with E-state index in [1.807, 2.05) is 54.6 Å². The SMILES string of the molecule is O=C1OC([P+](c2ccccc2)(c2ccccc2)c2ccccc2)c2cc(F)ccc21.[Br-]. The molecule has 0 fully saturated rings. The van der Waals surface area contributed by atoms with Crippen LogP contribution in [0.3, 0.4) is 0 Å². The first-order valence-corrected chi connectivity index (χ1v) is 11.6. The number of halogens is 2. The molecule has 0 aromatic heterocycles. The summed E-state index contributed by atoms with van der Waals surface area (Å²) in [7, 11) is -2.50. The zero-order valence-electron chi connectivity index (χ0n) is 16.5. The number of benzene rings is 4. The summed E-state index contributed by atoms with van der Waals surface area (Å²) in [6.07, 6.45) is 0. The summed E-state index contributed by atoms with van der Waals surface area (Å²) < 4.78 is 20.4. The molecule has 0 bridgehead atoms. The van der Waals surface area contributed by atoms with Crippen LogP contribution in [0.4, 0.5) is 4.39 Å². The molecule has 0 amide bonds. The number of hydrogen-bond acceptors (Lipinski definition) is 2. The molecule has 0 saturated heterocycles. The molecule has 31 heavy (non-hydrogen) atoms. The average molecular weight is 493 g/mol. The van der Waals surface area contributed by atoms with E-state index in [2.05, 4.69) is 36.4 Å². The number of cyclic esters (lactones) is 1. The van der Waals surface area contributed by atoms with Gasteiger partial charge in [0.2, 0.25) is 5.85 Å². The molecule has 5 rings (SSSR count). The minimum Gasteiger partial charge on any atom is -1.00 e.